The summed E-state index contributed by atoms with van der Waals surface area (Å²) in [7, 11) is 0. The largest absolute Gasteiger partial charge is 0.359 e. The van der Waals surface area contributed by atoms with Crippen molar-refractivity contribution in [3.8, 4) is 11.3 Å². The summed E-state index contributed by atoms with van der Waals surface area (Å²) in [6.07, 6.45) is 4.78. The van der Waals surface area contributed by atoms with Gasteiger partial charge < -0.3 is 9.84 Å². The molecule has 5 nitrogen and oxygen atoms in total. The van der Waals surface area contributed by atoms with Gasteiger partial charge in [0.2, 0.25) is 5.91 Å². The van der Waals surface area contributed by atoms with Crippen LogP contribution >= 0.6 is 0 Å². The van der Waals surface area contributed by atoms with Crippen molar-refractivity contribution < 1.29 is 9.32 Å². The first kappa shape index (κ1) is 14.7. The van der Waals surface area contributed by atoms with Crippen LogP contribution in [0.5, 0.6) is 0 Å². The minimum absolute atomic E-state index is 0.215. The third kappa shape index (κ3) is 4.14. The number of carbonyl (C=O) groups is 1. The smallest absolute Gasteiger partial charge is 0.244 e. The Hall–Kier alpha value is -3.21. The Kier molecular flexibility index (Phi) is 4.59. The average molecular weight is 305 g/mol. The standard InChI is InChI=1S/C18H15N3O2/c22-18(10-9-15-8-4-5-11-19-15)20-13-16-12-17(21-23-16)14-6-2-1-3-7-14/h1-12H,13H2,(H,20,22)/b10-9+. The quantitative estimate of drug-likeness (QED) is 0.736. The molecule has 0 radical (unpaired) electrons. The van der Waals surface area contributed by atoms with Gasteiger partial charge in [0.1, 0.15) is 5.69 Å². The first-order valence-corrected chi connectivity index (χ1v) is 7.19. The van der Waals surface area contributed by atoms with Crippen molar-refractivity contribution in [3.63, 3.8) is 0 Å². The van der Waals surface area contributed by atoms with Crippen LogP contribution in [0.1, 0.15) is 11.5 Å². The zero-order valence-corrected chi connectivity index (χ0v) is 12.3. The lowest BCUT2D eigenvalue weighted by Gasteiger charge is -1.97. The minimum Gasteiger partial charge on any atom is -0.359 e. The van der Waals surface area contributed by atoms with Crippen LogP contribution in [-0.4, -0.2) is 16.0 Å². The molecule has 0 aliphatic rings. The zero-order chi connectivity index (χ0) is 15.9. The van der Waals surface area contributed by atoms with Crippen LogP contribution in [0.15, 0.2) is 71.4 Å². The number of aromatic nitrogens is 2. The number of hydrogen-bond donors (Lipinski definition) is 1. The molecule has 0 fully saturated rings. The van der Waals surface area contributed by atoms with E-state index < -0.39 is 0 Å². The predicted octanol–water partition coefficient (Wildman–Crippen LogP) is 3.07. The van der Waals surface area contributed by atoms with Crippen molar-refractivity contribution >= 4 is 12.0 Å². The van der Waals surface area contributed by atoms with Gasteiger partial charge >= 0.3 is 0 Å². The molecule has 0 bridgehead atoms. The highest BCUT2D eigenvalue weighted by Crippen LogP contribution is 2.18. The number of rotatable bonds is 5. The van der Waals surface area contributed by atoms with Crippen LogP contribution in [0.2, 0.25) is 0 Å². The fourth-order valence-electron chi connectivity index (χ4n) is 2.01. The molecule has 0 aliphatic heterocycles. The minimum atomic E-state index is -0.215. The molecule has 5 heteroatoms. The predicted molar refractivity (Wildman–Crippen MR) is 87.1 cm³/mol. The number of amides is 1. The molecule has 2 heterocycles. The molecule has 0 saturated heterocycles. The van der Waals surface area contributed by atoms with Crippen molar-refractivity contribution in [2.75, 3.05) is 0 Å². The van der Waals surface area contributed by atoms with E-state index in [2.05, 4.69) is 15.5 Å². The summed E-state index contributed by atoms with van der Waals surface area (Å²) in [6.45, 7) is 0.283. The van der Waals surface area contributed by atoms with Crippen molar-refractivity contribution in [3.05, 3.63) is 78.3 Å². The Balaban J connectivity index is 1.55. The van der Waals surface area contributed by atoms with Crippen LogP contribution in [0.3, 0.4) is 0 Å². The van der Waals surface area contributed by atoms with E-state index in [1.807, 2.05) is 54.6 Å². The van der Waals surface area contributed by atoms with Gasteiger partial charge in [0.05, 0.1) is 12.2 Å². The molecular formula is C18H15N3O2. The molecule has 1 N–H and O–H groups in total. The van der Waals surface area contributed by atoms with E-state index in [0.717, 1.165) is 17.0 Å². The Labute approximate surface area is 133 Å². The maximum Gasteiger partial charge on any atom is 0.244 e. The number of hydrogen-bond acceptors (Lipinski definition) is 4. The number of benzene rings is 1. The first-order chi connectivity index (χ1) is 11.3. The molecule has 0 unspecified atom stereocenters. The molecule has 0 atom stereocenters. The SMILES string of the molecule is O=C(/C=C/c1ccccn1)NCc1cc(-c2ccccc2)no1. The van der Waals surface area contributed by atoms with Crippen molar-refractivity contribution in [1.82, 2.24) is 15.5 Å². The van der Waals surface area contributed by atoms with E-state index >= 15 is 0 Å². The van der Waals surface area contributed by atoms with E-state index in [4.69, 9.17) is 4.52 Å². The van der Waals surface area contributed by atoms with Crippen LogP contribution in [0, 0.1) is 0 Å². The van der Waals surface area contributed by atoms with Crippen molar-refractivity contribution in [2.24, 2.45) is 0 Å². The molecule has 3 aromatic rings. The van der Waals surface area contributed by atoms with Gasteiger partial charge in [0.15, 0.2) is 5.76 Å². The second-order valence-electron chi connectivity index (χ2n) is 4.85. The van der Waals surface area contributed by atoms with Gasteiger partial charge in [-0.15, -0.1) is 0 Å². The summed E-state index contributed by atoms with van der Waals surface area (Å²) < 4.78 is 5.23. The normalized spacial score (nSPS) is 10.8. The molecule has 23 heavy (non-hydrogen) atoms. The van der Waals surface area contributed by atoms with E-state index in [1.165, 1.54) is 6.08 Å². The highest BCUT2D eigenvalue weighted by atomic mass is 16.5. The van der Waals surface area contributed by atoms with Crippen LogP contribution in [-0.2, 0) is 11.3 Å². The molecule has 0 saturated carbocycles. The molecule has 0 spiro atoms. The van der Waals surface area contributed by atoms with Gasteiger partial charge in [0.25, 0.3) is 0 Å². The number of nitrogens with zero attached hydrogens (tertiary/aromatic N) is 2. The Morgan fingerprint density at radius 2 is 1.96 bits per heavy atom. The summed E-state index contributed by atoms with van der Waals surface area (Å²) in [5.74, 6) is 0.386. The fraction of sp³-hybridized carbons (Fsp3) is 0.0556. The molecule has 3 rings (SSSR count). The van der Waals surface area contributed by atoms with Gasteiger partial charge in [-0.1, -0.05) is 41.6 Å². The molecule has 2 aromatic heterocycles. The zero-order valence-electron chi connectivity index (χ0n) is 12.3. The summed E-state index contributed by atoms with van der Waals surface area (Å²) >= 11 is 0. The molecule has 1 aromatic carbocycles. The third-order valence-electron chi connectivity index (χ3n) is 3.16. The van der Waals surface area contributed by atoms with Crippen LogP contribution in [0.4, 0.5) is 0 Å². The van der Waals surface area contributed by atoms with Gasteiger partial charge in [-0.05, 0) is 18.2 Å². The lowest BCUT2D eigenvalue weighted by atomic mass is 10.1. The fourth-order valence-corrected chi connectivity index (χ4v) is 2.01. The second kappa shape index (κ2) is 7.17. The van der Waals surface area contributed by atoms with E-state index in [0.29, 0.717) is 5.76 Å². The molecule has 1 amide bonds. The third-order valence-corrected chi connectivity index (χ3v) is 3.16. The lowest BCUT2D eigenvalue weighted by Crippen LogP contribution is -2.19. The Morgan fingerprint density at radius 1 is 1.13 bits per heavy atom. The molecule has 114 valence electrons. The topological polar surface area (TPSA) is 68.0 Å². The van der Waals surface area contributed by atoms with Gasteiger partial charge in [-0.2, -0.15) is 0 Å². The maximum atomic E-state index is 11.8. The molecule has 0 aliphatic carbocycles. The van der Waals surface area contributed by atoms with Gasteiger partial charge in [-0.25, -0.2) is 0 Å². The summed E-state index contributed by atoms with van der Waals surface area (Å²) in [6, 6.07) is 17.1. The number of pyridine rings is 1. The Morgan fingerprint density at radius 3 is 2.74 bits per heavy atom. The summed E-state index contributed by atoms with van der Waals surface area (Å²) in [5, 5.41) is 6.75. The highest BCUT2D eigenvalue weighted by Gasteiger charge is 2.06. The number of nitrogens with one attached hydrogen (secondary N) is 1. The average Bonchev–Trinajstić information content (AvgIpc) is 3.09. The van der Waals surface area contributed by atoms with Crippen LogP contribution in [0.25, 0.3) is 17.3 Å². The molecular weight excluding hydrogens is 290 g/mol. The van der Waals surface area contributed by atoms with E-state index in [1.54, 1.807) is 12.3 Å². The summed E-state index contributed by atoms with van der Waals surface area (Å²) in [4.78, 5) is 15.9. The van der Waals surface area contributed by atoms with Crippen molar-refractivity contribution in [2.45, 2.75) is 6.54 Å². The summed E-state index contributed by atoms with van der Waals surface area (Å²) in [5.41, 5.74) is 2.46. The van der Waals surface area contributed by atoms with Crippen LogP contribution < -0.4 is 5.32 Å². The highest BCUT2D eigenvalue weighted by molar-refractivity contribution is 5.91. The second-order valence-corrected chi connectivity index (χ2v) is 4.85. The lowest BCUT2D eigenvalue weighted by molar-refractivity contribution is -0.116. The van der Waals surface area contributed by atoms with Gasteiger partial charge in [0, 0.05) is 23.9 Å². The Bertz CT molecular complexity index is 795. The monoisotopic (exact) mass is 305 g/mol. The van der Waals surface area contributed by atoms with Crippen molar-refractivity contribution in [1.29, 1.82) is 0 Å². The van der Waals surface area contributed by atoms with E-state index in [9.17, 15) is 4.79 Å². The number of carbonyl (C=O) groups excluding carboxylic acids is 1. The van der Waals surface area contributed by atoms with Gasteiger partial charge in [-0.3, -0.25) is 9.78 Å². The first-order valence-electron chi connectivity index (χ1n) is 7.19. The van der Waals surface area contributed by atoms with E-state index in [-0.39, 0.29) is 12.5 Å². The maximum absolute atomic E-state index is 11.8.